The van der Waals surface area contributed by atoms with Crippen LogP contribution in [0.5, 0.6) is 0 Å². The molecule has 1 heterocycles. The molecule has 108 valence electrons. The van der Waals surface area contributed by atoms with Crippen LogP contribution >= 0.6 is 11.6 Å². The van der Waals surface area contributed by atoms with Gasteiger partial charge in [0.15, 0.2) is 0 Å². The molecule has 0 spiro atoms. The van der Waals surface area contributed by atoms with E-state index in [1.165, 1.54) is 11.1 Å². The quantitative estimate of drug-likeness (QED) is 0.797. The normalized spacial score (nSPS) is 24.8. The lowest BCUT2D eigenvalue weighted by Gasteiger charge is -2.20. The maximum Gasteiger partial charge on any atom is 0.224 e. The van der Waals surface area contributed by atoms with Gasteiger partial charge in [-0.3, -0.25) is 4.79 Å². The Kier molecular flexibility index (Phi) is 2.95. The zero-order valence-corrected chi connectivity index (χ0v) is 13.3. The van der Waals surface area contributed by atoms with Crippen molar-refractivity contribution in [1.82, 2.24) is 0 Å². The van der Waals surface area contributed by atoms with E-state index in [0.717, 1.165) is 12.1 Å². The summed E-state index contributed by atoms with van der Waals surface area (Å²) in [5.41, 5.74) is 3.91. The van der Waals surface area contributed by atoms with Crippen LogP contribution in [-0.2, 0) is 11.2 Å². The van der Waals surface area contributed by atoms with E-state index < -0.39 is 0 Å². The van der Waals surface area contributed by atoms with Crippen LogP contribution in [0.25, 0.3) is 0 Å². The van der Waals surface area contributed by atoms with Crippen LogP contribution < -0.4 is 5.32 Å². The van der Waals surface area contributed by atoms with Gasteiger partial charge < -0.3 is 5.32 Å². The zero-order valence-electron chi connectivity index (χ0n) is 12.6. The van der Waals surface area contributed by atoms with E-state index in [1.807, 2.05) is 6.07 Å². The number of rotatable bonds is 2. The van der Waals surface area contributed by atoms with Crippen LogP contribution in [0.4, 0.5) is 5.69 Å². The molecule has 0 aromatic heterocycles. The van der Waals surface area contributed by atoms with Gasteiger partial charge >= 0.3 is 0 Å². The first-order valence-corrected chi connectivity index (χ1v) is 7.75. The van der Waals surface area contributed by atoms with Crippen LogP contribution in [0.3, 0.4) is 0 Å². The summed E-state index contributed by atoms with van der Waals surface area (Å²) in [6, 6.07) is 6.24. The summed E-state index contributed by atoms with van der Waals surface area (Å²) in [5.74, 6) is 0.602. The predicted octanol–water partition coefficient (Wildman–Crippen LogP) is 4.53. The van der Waals surface area contributed by atoms with Crippen molar-refractivity contribution in [3.63, 3.8) is 0 Å². The third-order valence-corrected chi connectivity index (χ3v) is 6.27. The van der Waals surface area contributed by atoms with Crippen molar-refractivity contribution in [2.45, 2.75) is 45.9 Å². The highest BCUT2D eigenvalue weighted by Gasteiger charge is 2.67. The summed E-state index contributed by atoms with van der Waals surface area (Å²) in [6.07, 6.45) is 1.39. The molecule has 0 saturated heterocycles. The molecule has 3 rings (SSSR count). The maximum atomic E-state index is 11.4. The maximum absolute atomic E-state index is 11.4. The molecule has 1 aliphatic carbocycles. The third-order valence-electron chi connectivity index (χ3n) is 5.77. The van der Waals surface area contributed by atoms with Gasteiger partial charge in [-0.25, -0.2) is 0 Å². The third kappa shape index (κ3) is 1.88. The van der Waals surface area contributed by atoms with E-state index >= 15 is 0 Å². The van der Waals surface area contributed by atoms with Gasteiger partial charge in [-0.05, 0) is 40.4 Å². The Morgan fingerprint density at radius 2 is 1.85 bits per heavy atom. The van der Waals surface area contributed by atoms with Gasteiger partial charge in [-0.2, -0.15) is 0 Å². The van der Waals surface area contributed by atoms with Crippen molar-refractivity contribution in [2.24, 2.45) is 16.7 Å². The molecule has 2 nitrogen and oxygen atoms in total. The Morgan fingerprint density at radius 1 is 1.20 bits per heavy atom. The number of benzene rings is 1. The topological polar surface area (TPSA) is 29.1 Å². The fraction of sp³-hybridized carbons (Fsp3) is 0.588. The number of alkyl halides is 1. The van der Waals surface area contributed by atoms with Gasteiger partial charge in [-0.15, -0.1) is 11.6 Å². The standard InChI is InChI=1S/C17H22ClNO/c1-16(2)15(17(16,3)4)14(18)11-5-7-12-10(9-11)6-8-13(20)19-12/h5,7,9,14-15H,6,8H2,1-4H3,(H,19,20). The van der Waals surface area contributed by atoms with Crippen molar-refractivity contribution >= 4 is 23.2 Å². The van der Waals surface area contributed by atoms with Crippen molar-refractivity contribution in [3.8, 4) is 0 Å². The first-order valence-electron chi connectivity index (χ1n) is 7.32. The molecule has 1 aromatic rings. The Bertz CT molecular complexity index is 562. The number of nitrogens with one attached hydrogen (secondary N) is 1. The number of aryl methyl sites for hydroxylation is 1. The minimum atomic E-state index is 0.0444. The molecule has 0 radical (unpaired) electrons. The Morgan fingerprint density at radius 3 is 2.45 bits per heavy atom. The number of carbonyl (C=O) groups is 1. The van der Waals surface area contributed by atoms with E-state index in [9.17, 15) is 4.79 Å². The van der Waals surface area contributed by atoms with E-state index in [1.54, 1.807) is 0 Å². The highest BCUT2D eigenvalue weighted by atomic mass is 35.5. The second-order valence-electron chi connectivity index (χ2n) is 7.29. The summed E-state index contributed by atoms with van der Waals surface area (Å²) in [7, 11) is 0. The van der Waals surface area contributed by atoms with Gasteiger partial charge in [-0.1, -0.05) is 39.8 Å². The average Bonchev–Trinajstić information content (AvgIpc) is 2.78. The lowest BCUT2D eigenvalue weighted by Crippen LogP contribution is -2.19. The van der Waals surface area contributed by atoms with Crippen LogP contribution in [-0.4, -0.2) is 5.91 Å². The van der Waals surface area contributed by atoms with Crippen LogP contribution in [0.15, 0.2) is 18.2 Å². The molecule has 1 N–H and O–H groups in total. The fourth-order valence-corrected chi connectivity index (χ4v) is 4.51. The highest BCUT2D eigenvalue weighted by Crippen LogP contribution is 2.73. The van der Waals surface area contributed by atoms with Gasteiger partial charge in [0.05, 0.1) is 5.38 Å². The fourth-order valence-electron chi connectivity index (χ4n) is 3.75. The van der Waals surface area contributed by atoms with Crippen molar-refractivity contribution in [3.05, 3.63) is 29.3 Å². The number of hydrogen-bond acceptors (Lipinski definition) is 1. The van der Waals surface area contributed by atoms with Crippen LogP contribution in [0.1, 0.15) is 50.6 Å². The number of amides is 1. The second-order valence-corrected chi connectivity index (χ2v) is 7.76. The van der Waals surface area contributed by atoms with Gasteiger partial charge in [0.2, 0.25) is 5.91 Å². The predicted molar refractivity (Wildman–Crippen MR) is 83.0 cm³/mol. The summed E-state index contributed by atoms with van der Waals surface area (Å²) in [4.78, 5) is 11.4. The Balaban J connectivity index is 1.87. The lowest BCUT2D eigenvalue weighted by molar-refractivity contribution is -0.116. The Hall–Kier alpha value is -1.02. The average molecular weight is 292 g/mol. The molecule has 1 unspecified atom stereocenters. The molecule has 1 atom stereocenters. The minimum absolute atomic E-state index is 0.0444. The molecule has 1 saturated carbocycles. The highest BCUT2D eigenvalue weighted by molar-refractivity contribution is 6.21. The summed E-state index contributed by atoms with van der Waals surface area (Å²) < 4.78 is 0. The molecule has 3 heteroatoms. The minimum Gasteiger partial charge on any atom is -0.326 e. The van der Waals surface area contributed by atoms with E-state index in [2.05, 4.69) is 45.1 Å². The number of hydrogen-bond donors (Lipinski definition) is 1. The summed E-state index contributed by atoms with van der Waals surface area (Å²) in [5, 5.41) is 2.97. The van der Waals surface area contributed by atoms with Crippen molar-refractivity contribution < 1.29 is 4.79 Å². The van der Waals surface area contributed by atoms with Gasteiger partial charge in [0, 0.05) is 12.1 Å². The SMILES string of the molecule is CC1(C)C(C(Cl)c2ccc3c(c2)CCC(=O)N3)C1(C)C. The number of halogens is 1. The largest absolute Gasteiger partial charge is 0.326 e. The first-order chi connectivity index (χ1) is 9.25. The van der Waals surface area contributed by atoms with E-state index in [0.29, 0.717) is 12.3 Å². The van der Waals surface area contributed by atoms with Crippen molar-refractivity contribution in [2.75, 3.05) is 5.32 Å². The zero-order chi connectivity index (χ0) is 14.7. The number of carbonyl (C=O) groups excluding carboxylic acids is 1. The molecule has 2 aliphatic rings. The van der Waals surface area contributed by atoms with E-state index in [-0.39, 0.29) is 22.1 Å². The molecular weight excluding hydrogens is 270 g/mol. The van der Waals surface area contributed by atoms with Crippen LogP contribution in [0.2, 0.25) is 0 Å². The molecule has 0 bridgehead atoms. The summed E-state index contributed by atoms with van der Waals surface area (Å²) >= 11 is 6.76. The van der Waals surface area contributed by atoms with Crippen LogP contribution in [0, 0.1) is 16.7 Å². The second kappa shape index (κ2) is 4.24. The lowest BCUT2D eigenvalue weighted by atomic mass is 9.96. The Labute approximate surface area is 125 Å². The molecule has 1 aromatic carbocycles. The number of fused-ring (bicyclic) bond motifs is 1. The molecule has 1 amide bonds. The molecule has 20 heavy (non-hydrogen) atoms. The van der Waals surface area contributed by atoms with Gasteiger partial charge in [0.1, 0.15) is 0 Å². The monoisotopic (exact) mass is 291 g/mol. The van der Waals surface area contributed by atoms with Gasteiger partial charge in [0.25, 0.3) is 0 Å². The summed E-state index contributed by atoms with van der Waals surface area (Å²) in [6.45, 7) is 9.19. The van der Waals surface area contributed by atoms with Crippen molar-refractivity contribution in [1.29, 1.82) is 0 Å². The molecular formula is C17H22ClNO. The smallest absolute Gasteiger partial charge is 0.224 e. The number of anilines is 1. The molecule has 1 fully saturated rings. The van der Waals surface area contributed by atoms with E-state index in [4.69, 9.17) is 11.6 Å². The molecule has 1 aliphatic heterocycles. The first kappa shape index (κ1) is 13.9.